The Morgan fingerprint density at radius 3 is 2.59 bits per heavy atom. The predicted molar refractivity (Wildman–Crippen MR) is 115 cm³/mol. The summed E-state index contributed by atoms with van der Waals surface area (Å²) >= 11 is 0. The first-order valence-corrected chi connectivity index (χ1v) is 10.2. The van der Waals surface area contributed by atoms with Crippen LogP contribution in [0.15, 0.2) is 63.3 Å². The summed E-state index contributed by atoms with van der Waals surface area (Å²) in [6, 6.07) is 13.0. The third kappa shape index (κ3) is 3.22. The Hall–Kier alpha value is -4.01. The monoisotopic (exact) mass is 431 g/mol. The maximum absolute atomic E-state index is 13.2. The first-order chi connectivity index (χ1) is 15.5. The van der Waals surface area contributed by atoms with E-state index in [0.29, 0.717) is 28.8 Å². The molecule has 32 heavy (non-hydrogen) atoms. The number of imide groups is 1. The Bertz CT molecular complexity index is 1230. The molecule has 2 amide bonds. The number of oxazole rings is 1. The number of ether oxygens (including phenoxy) is 1. The molecule has 9 heteroatoms. The van der Waals surface area contributed by atoms with E-state index in [1.54, 1.807) is 24.3 Å². The van der Waals surface area contributed by atoms with Gasteiger partial charge in [0.05, 0.1) is 19.3 Å². The van der Waals surface area contributed by atoms with Crippen molar-refractivity contribution in [2.75, 3.05) is 12.0 Å². The SMILES string of the molecule is COc1cccc(N2C(=O)C3N=NN(Cc4nc(-c5ccc(C)cc5)oc4C)C3C2=O)c1. The zero-order valence-electron chi connectivity index (χ0n) is 17.8. The highest BCUT2D eigenvalue weighted by Crippen LogP contribution is 2.34. The number of carbonyl (C=O) groups excluding carboxylic acids is 2. The third-order valence-electron chi connectivity index (χ3n) is 5.67. The van der Waals surface area contributed by atoms with Crippen molar-refractivity contribution in [3.8, 4) is 17.2 Å². The third-order valence-corrected chi connectivity index (χ3v) is 5.67. The fourth-order valence-electron chi connectivity index (χ4n) is 3.91. The number of hydrogen-bond acceptors (Lipinski definition) is 8. The topological polar surface area (TPSA) is 101 Å². The van der Waals surface area contributed by atoms with Crippen molar-refractivity contribution in [3.63, 3.8) is 0 Å². The van der Waals surface area contributed by atoms with E-state index in [2.05, 4.69) is 15.3 Å². The largest absolute Gasteiger partial charge is 0.497 e. The molecule has 5 rings (SSSR count). The number of rotatable bonds is 5. The van der Waals surface area contributed by atoms with Crippen LogP contribution in [0.1, 0.15) is 17.0 Å². The van der Waals surface area contributed by atoms with E-state index < -0.39 is 18.0 Å². The van der Waals surface area contributed by atoms with Crippen molar-refractivity contribution in [2.24, 2.45) is 10.3 Å². The van der Waals surface area contributed by atoms with E-state index >= 15 is 0 Å². The summed E-state index contributed by atoms with van der Waals surface area (Å²) in [4.78, 5) is 31.9. The molecule has 1 aromatic heterocycles. The average molecular weight is 431 g/mol. The molecule has 2 aliphatic rings. The molecule has 2 unspecified atom stereocenters. The van der Waals surface area contributed by atoms with Crippen LogP contribution in [-0.2, 0) is 16.1 Å². The number of fused-ring (bicyclic) bond motifs is 1. The lowest BCUT2D eigenvalue weighted by Crippen LogP contribution is -2.39. The van der Waals surface area contributed by atoms with E-state index in [9.17, 15) is 9.59 Å². The second kappa shape index (κ2) is 7.60. The quantitative estimate of drug-likeness (QED) is 0.574. The Balaban J connectivity index is 1.39. The summed E-state index contributed by atoms with van der Waals surface area (Å²) in [6.45, 7) is 4.03. The van der Waals surface area contributed by atoms with Crippen LogP contribution in [0.2, 0.25) is 0 Å². The fourth-order valence-corrected chi connectivity index (χ4v) is 3.91. The Morgan fingerprint density at radius 2 is 1.84 bits per heavy atom. The first-order valence-electron chi connectivity index (χ1n) is 10.2. The standard InChI is InChI=1S/C23H21N5O4/c1-13-7-9-15(10-8-13)21-24-18(14(2)32-21)12-27-20-19(25-26-27)22(29)28(23(20)30)16-5-4-6-17(11-16)31-3/h4-11,19-20H,12H2,1-3H3. The Labute approximate surface area is 184 Å². The molecule has 0 N–H and O–H groups in total. The predicted octanol–water partition coefficient (Wildman–Crippen LogP) is 3.46. The highest BCUT2D eigenvalue weighted by Gasteiger charge is 2.55. The normalized spacial score (nSPS) is 19.7. The van der Waals surface area contributed by atoms with Gasteiger partial charge in [-0.15, -0.1) is 0 Å². The zero-order chi connectivity index (χ0) is 22.4. The van der Waals surface area contributed by atoms with E-state index in [4.69, 9.17) is 9.15 Å². The smallest absolute Gasteiger partial charge is 0.263 e. The summed E-state index contributed by atoms with van der Waals surface area (Å²) in [6.07, 6.45) is 0. The Morgan fingerprint density at radius 1 is 1.06 bits per heavy atom. The number of anilines is 1. The summed E-state index contributed by atoms with van der Waals surface area (Å²) < 4.78 is 11.1. The van der Waals surface area contributed by atoms with Crippen molar-refractivity contribution >= 4 is 17.5 Å². The molecule has 3 aromatic rings. The van der Waals surface area contributed by atoms with Crippen LogP contribution >= 0.6 is 0 Å². The van der Waals surface area contributed by atoms with Crippen LogP contribution in [0.3, 0.4) is 0 Å². The lowest BCUT2D eigenvalue weighted by Gasteiger charge is -2.20. The molecule has 2 atom stereocenters. The maximum Gasteiger partial charge on any atom is 0.263 e. The average Bonchev–Trinajstić information content (AvgIpc) is 3.44. The van der Waals surface area contributed by atoms with E-state index in [1.807, 2.05) is 38.1 Å². The molecule has 162 valence electrons. The maximum atomic E-state index is 13.2. The fraction of sp³-hybridized carbons (Fsp3) is 0.261. The minimum atomic E-state index is -0.877. The summed E-state index contributed by atoms with van der Waals surface area (Å²) in [5, 5.41) is 9.68. The molecule has 0 spiro atoms. The van der Waals surface area contributed by atoms with E-state index in [-0.39, 0.29) is 12.5 Å². The van der Waals surface area contributed by atoms with E-state index in [0.717, 1.165) is 16.0 Å². The Kier molecular flexibility index (Phi) is 4.73. The number of nitrogens with zero attached hydrogens (tertiary/aromatic N) is 5. The highest BCUT2D eigenvalue weighted by molar-refractivity contribution is 6.25. The number of hydrogen-bond donors (Lipinski definition) is 0. The van der Waals surface area contributed by atoms with Gasteiger partial charge in [-0.2, -0.15) is 5.11 Å². The number of methoxy groups -OCH3 is 1. The number of aromatic nitrogens is 1. The van der Waals surface area contributed by atoms with Crippen molar-refractivity contribution < 1.29 is 18.7 Å². The van der Waals surface area contributed by atoms with Gasteiger partial charge in [0.25, 0.3) is 11.8 Å². The minimum absolute atomic E-state index is 0.205. The number of carbonyl (C=O) groups is 2. The van der Waals surface area contributed by atoms with Crippen LogP contribution < -0.4 is 9.64 Å². The van der Waals surface area contributed by atoms with Crippen molar-refractivity contribution in [1.82, 2.24) is 9.99 Å². The summed E-state index contributed by atoms with van der Waals surface area (Å²) in [5.41, 5.74) is 3.09. The van der Waals surface area contributed by atoms with Crippen LogP contribution in [0.4, 0.5) is 5.69 Å². The highest BCUT2D eigenvalue weighted by atomic mass is 16.5. The van der Waals surface area contributed by atoms with E-state index in [1.165, 1.54) is 12.1 Å². The molecule has 0 saturated carbocycles. The van der Waals surface area contributed by atoms with Crippen LogP contribution in [0.5, 0.6) is 5.75 Å². The molecule has 1 fully saturated rings. The van der Waals surface area contributed by atoms with Gasteiger partial charge < -0.3 is 9.15 Å². The van der Waals surface area contributed by atoms with Crippen molar-refractivity contribution in [2.45, 2.75) is 32.5 Å². The lowest BCUT2D eigenvalue weighted by atomic mass is 10.1. The van der Waals surface area contributed by atoms with Gasteiger partial charge in [0, 0.05) is 11.6 Å². The first kappa shape index (κ1) is 19.9. The summed E-state index contributed by atoms with van der Waals surface area (Å²) in [7, 11) is 1.53. The van der Waals surface area contributed by atoms with Gasteiger partial charge in [0.2, 0.25) is 5.89 Å². The van der Waals surface area contributed by atoms with Crippen molar-refractivity contribution in [1.29, 1.82) is 0 Å². The molecule has 2 aromatic carbocycles. The van der Waals surface area contributed by atoms with Crippen LogP contribution in [-0.4, -0.2) is 41.0 Å². The van der Waals surface area contributed by atoms with Gasteiger partial charge in [-0.3, -0.25) is 14.6 Å². The van der Waals surface area contributed by atoms with Gasteiger partial charge in [-0.1, -0.05) is 29.0 Å². The zero-order valence-corrected chi connectivity index (χ0v) is 17.8. The van der Waals surface area contributed by atoms with Gasteiger partial charge in [-0.05, 0) is 38.1 Å². The number of benzene rings is 2. The molecule has 0 radical (unpaired) electrons. The molecule has 3 heterocycles. The second-order valence-electron chi connectivity index (χ2n) is 7.79. The van der Waals surface area contributed by atoms with Crippen LogP contribution in [0.25, 0.3) is 11.5 Å². The molecule has 1 saturated heterocycles. The van der Waals surface area contributed by atoms with Gasteiger partial charge in [0.15, 0.2) is 12.1 Å². The molecule has 0 aliphatic carbocycles. The molecule has 9 nitrogen and oxygen atoms in total. The van der Waals surface area contributed by atoms with Crippen molar-refractivity contribution in [3.05, 3.63) is 65.5 Å². The number of aryl methyl sites for hydroxylation is 2. The van der Waals surface area contributed by atoms with Gasteiger partial charge in [-0.25, -0.2) is 9.88 Å². The minimum Gasteiger partial charge on any atom is -0.497 e. The van der Waals surface area contributed by atoms with Gasteiger partial charge >= 0.3 is 0 Å². The molecular weight excluding hydrogens is 410 g/mol. The molecule has 0 bridgehead atoms. The summed E-state index contributed by atoms with van der Waals surface area (Å²) in [5.74, 6) is 0.896. The number of amides is 2. The van der Waals surface area contributed by atoms with Gasteiger partial charge in [0.1, 0.15) is 17.2 Å². The van der Waals surface area contributed by atoms with Crippen LogP contribution in [0, 0.1) is 13.8 Å². The lowest BCUT2D eigenvalue weighted by molar-refractivity contribution is -0.123. The second-order valence-corrected chi connectivity index (χ2v) is 7.79. The molecule has 2 aliphatic heterocycles. The molecular formula is C23H21N5O4.